The van der Waals surface area contributed by atoms with Crippen LogP contribution in [0, 0.1) is 5.82 Å². The van der Waals surface area contributed by atoms with Gasteiger partial charge in [0.25, 0.3) is 0 Å². The van der Waals surface area contributed by atoms with Crippen molar-refractivity contribution in [2.45, 2.75) is 11.8 Å². The summed E-state index contributed by atoms with van der Waals surface area (Å²) >= 11 is 5.90. The molecular weight excluding hydrogens is 261 g/mol. The third kappa shape index (κ3) is 2.38. The van der Waals surface area contributed by atoms with Gasteiger partial charge in [0.2, 0.25) is 0 Å². The van der Waals surface area contributed by atoms with Crippen molar-refractivity contribution >= 4 is 11.6 Å². The van der Waals surface area contributed by atoms with Crippen LogP contribution in [-0.4, -0.2) is 13.1 Å². The first-order valence-electron chi connectivity index (χ1n) is 6.40. The Morgan fingerprint density at radius 2 is 1.74 bits per heavy atom. The summed E-state index contributed by atoms with van der Waals surface area (Å²) in [6, 6.07) is 14.9. The molecular formula is C16H15ClFN. The second kappa shape index (κ2) is 4.95. The molecule has 0 aromatic heterocycles. The maximum atomic E-state index is 14.0. The standard InChI is InChI=1S/C16H15ClFN/c17-13-7-5-12(6-8-13)9-16(10-19-11-16)14-3-1-2-4-15(14)18/h1-8,19H,9-11H2. The third-order valence-electron chi connectivity index (χ3n) is 3.83. The van der Waals surface area contributed by atoms with Crippen LogP contribution in [0.2, 0.25) is 5.02 Å². The summed E-state index contributed by atoms with van der Waals surface area (Å²) in [5.41, 5.74) is 1.87. The summed E-state index contributed by atoms with van der Waals surface area (Å²) < 4.78 is 14.0. The van der Waals surface area contributed by atoms with E-state index in [0.717, 1.165) is 30.1 Å². The second-order valence-electron chi connectivity index (χ2n) is 5.17. The highest BCUT2D eigenvalue weighted by Crippen LogP contribution is 2.34. The molecule has 1 fully saturated rings. The van der Waals surface area contributed by atoms with E-state index in [-0.39, 0.29) is 11.2 Å². The predicted molar refractivity (Wildman–Crippen MR) is 76.1 cm³/mol. The molecule has 0 saturated carbocycles. The minimum absolute atomic E-state index is 0.113. The Morgan fingerprint density at radius 1 is 1.05 bits per heavy atom. The van der Waals surface area contributed by atoms with Crippen molar-refractivity contribution in [3.8, 4) is 0 Å². The van der Waals surface area contributed by atoms with Crippen molar-refractivity contribution in [2.75, 3.05) is 13.1 Å². The van der Waals surface area contributed by atoms with Crippen molar-refractivity contribution in [2.24, 2.45) is 0 Å². The molecule has 3 heteroatoms. The largest absolute Gasteiger partial charge is 0.315 e. The average Bonchev–Trinajstić information content (AvgIpc) is 2.37. The van der Waals surface area contributed by atoms with Gasteiger partial charge in [0.15, 0.2) is 0 Å². The van der Waals surface area contributed by atoms with Crippen molar-refractivity contribution in [1.29, 1.82) is 0 Å². The van der Waals surface area contributed by atoms with E-state index in [2.05, 4.69) is 5.32 Å². The fraction of sp³-hybridized carbons (Fsp3) is 0.250. The van der Waals surface area contributed by atoms with Gasteiger partial charge in [0, 0.05) is 23.5 Å². The first-order chi connectivity index (χ1) is 9.20. The Kier molecular flexibility index (Phi) is 3.29. The van der Waals surface area contributed by atoms with E-state index in [0.29, 0.717) is 0 Å². The molecule has 0 spiro atoms. The number of benzene rings is 2. The summed E-state index contributed by atoms with van der Waals surface area (Å²) in [6.45, 7) is 1.63. The van der Waals surface area contributed by atoms with Gasteiger partial charge in [-0.3, -0.25) is 0 Å². The van der Waals surface area contributed by atoms with E-state index in [1.165, 1.54) is 11.6 Å². The molecule has 0 bridgehead atoms. The monoisotopic (exact) mass is 275 g/mol. The van der Waals surface area contributed by atoms with Gasteiger partial charge in [0.1, 0.15) is 5.82 Å². The lowest BCUT2D eigenvalue weighted by Gasteiger charge is -2.43. The third-order valence-corrected chi connectivity index (χ3v) is 4.08. The number of nitrogens with one attached hydrogen (secondary N) is 1. The van der Waals surface area contributed by atoms with Crippen LogP contribution in [0.5, 0.6) is 0 Å². The van der Waals surface area contributed by atoms with Gasteiger partial charge in [-0.1, -0.05) is 41.9 Å². The van der Waals surface area contributed by atoms with Gasteiger partial charge in [-0.25, -0.2) is 4.39 Å². The van der Waals surface area contributed by atoms with Crippen molar-refractivity contribution in [3.05, 3.63) is 70.5 Å². The van der Waals surface area contributed by atoms with E-state index >= 15 is 0 Å². The molecule has 1 heterocycles. The van der Waals surface area contributed by atoms with Gasteiger partial charge >= 0.3 is 0 Å². The zero-order valence-corrected chi connectivity index (χ0v) is 11.3. The molecule has 0 atom stereocenters. The van der Waals surface area contributed by atoms with Gasteiger partial charge in [-0.2, -0.15) is 0 Å². The minimum Gasteiger partial charge on any atom is -0.315 e. The van der Waals surface area contributed by atoms with Crippen LogP contribution >= 0.6 is 11.6 Å². The van der Waals surface area contributed by atoms with Crippen LogP contribution in [0.4, 0.5) is 4.39 Å². The summed E-state index contributed by atoms with van der Waals surface area (Å²) in [6.07, 6.45) is 0.831. The van der Waals surface area contributed by atoms with Crippen molar-refractivity contribution in [1.82, 2.24) is 5.32 Å². The summed E-state index contributed by atoms with van der Waals surface area (Å²) in [4.78, 5) is 0. The maximum Gasteiger partial charge on any atom is 0.127 e. The molecule has 0 aliphatic carbocycles. The first kappa shape index (κ1) is 12.6. The molecule has 3 rings (SSSR count). The Labute approximate surface area is 117 Å². The van der Waals surface area contributed by atoms with Crippen LogP contribution < -0.4 is 5.32 Å². The van der Waals surface area contributed by atoms with Crippen LogP contribution in [0.15, 0.2) is 48.5 Å². The Morgan fingerprint density at radius 3 is 2.32 bits per heavy atom. The number of halogens is 2. The van der Waals surface area contributed by atoms with Gasteiger partial charge < -0.3 is 5.32 Å². The molecule has 1 N–H and O–H groups in total. The van der Waals surface area contributed by atoms with Crippen LogP contribution in [0.3, 0.4) is 0 Å². The van der Waals surface area contributed by atoms with Gasteiger partial charge in [0.05, 0.1) is 0 Å². The van der Waals surface area contributed by atoms with E-state index in [1.807, 2.05) is 36.4 Å². The van der Waals surface area contributed by atoms with Gasteiger partial charge in [-0.05, 0) is 35.7 Å². The van der Waals surface area contributed by atoms with E-state index < -0.39 is 0 Å². The van der Waals surface area contributed by atoms with Crippen LogP contribution in [0.1, 0.15) is 11.1 Å². The fourth-order valence-electron chi connectivity index (χ4n) is 2.72. The SMILES string of the molecule is Fc1ccccc1C1(Cc2ccc(Cl)cc2)CNC1. The summed E-state index contributed by atoms with van der Waals surface area (Å²) in [5, 5.41) is 4.00. The zero-order chi connectivity index (χ0) is 13.3. The minimum atomic E-state index is -0.126. The molecule has 2 aromatic carbocycles. The molecule has 0 radical (unpaired) electrons. The highest BCUT2D eigenvalue weighted by molar-refractivity contribution is 6.30. The van der Waals surface area contributed by atoms with E-state index in [9.17, 15) is 4.39 Å². The average molecular weight is 276 g/mol. The van der Waals surface area contributed by atoms with Crippen molar-refractivity contribution < 1.29 is 4.39 Å². The van der Waals surface area contributed by atoms with Crippen LogP contribution in [0.25, 0.3) is 0 Å². The van der Waals surface area contributed by atoms with Crippen LogP contribution in [-0.2, 0) is 11.8 Å². The highest BCUT2D eigenvalue weighted by atomic mass is 35.5. The van der Waals surface area contributed by atoms with Crippen molar-refractivity contribution in [3.63, 3.8) is 0 Å². The lowest BCUT2D eigenvalue weighted by molar-refractivity contribution is 0.266. The number of hydrogen-bond acceptors (Lipinski definition) is 1. The van der Waals surface area contributed by atoms with E-state index in [4.69, 9.17) is 11.6 Å². The quantitative estimate of drug-likeness (QED) is 0.903. The summed E-state index contributed by atoms with van der Waals surface area (Å²) in [7, 11) is 0. The molecule has 1 aliphatic rings. The number of rotatable bonds is 3. The fourth-order valence-corrected chi connectivity index (χ4v) is 2.85. The lowest BCUT2D eigenvalue weighted by atomic mass is 9.71. The molecule has 1 aliphatic heterocycles. The topological polar surface area (TPSA) is 12.0 Å². The maximum absolute atomic E-state index is 14.0. The normalized spacial score (nSPS) is 16.9. The molecule has 19 heavy (non-hydrogen) atoms. The molecule has 2 aromatic rings. The van der Waals surface area contributed by atoms with E-state index in [1.54, 1.807) is 6.07 Å². The Hall–Kier alpha value is -1.38. The number of hydrogen-bond donors (Lipinski definition) is 1. The molecule has 0 amide bonds. The zero-order valence-electron chi connectivity index (χ0n) is 10.5. The molecule has 1 nitrogen and oxygen atoms in total. The second-order valence-corrected chi connectivity index (χ2v) is 5.60. The smallest absolute Gasteiger partial charge is 0.127 e. The molecule has 98 valence electrons. The summed E-state index contributed by atoms with van der Waals surface area (Å²) in [5.74, 6) is -0.113. The Balaban J connectivity index is 1.92. The lowest BCUT2D eigenvalue weighted by Crippen LogP contribution is -2.58. The molecule has 1 saturated heterocycles. The van der Waals surface area contributed by atoms with Gasteiger partial charge in [-0.15, -0.1) is 0 Å². The first-order valence-corrected chi connectivity index (χ1v) is 6.78. The Bertz CT molecular complexity index is 576. The highest BCUT2D eigenvalue weighted by Gasteiger charge is 2.40. The molecule has 0 unspecified atom stereocenters. The predicted octanol–water partition coefficient (Wildman–Crippen LogP) is 3.56.